The zero-order valence-electron chi connectivity index (χ0n) is 10.4. The Morgan fingerprint density at radius 2 is 2.16 bits per heavy atom. The van der Waals surface area contributed by atoms with Gasteiger partial charge in [0.05, 0.1) is 16.3 Å². The molecule has 0 unspecified atom stereocenters. The maximum Gasteiger partial charge on any atom is 0.102 e. The van der Waals surface area contributed by atoms with E-state index in [1.807, 2.05) is 25.1 Å². The molecule has 0 saturated carbocycles. The number of hydrogen-bond donors (Lipinski definition) is 1. The van der Waals surface area contributed by atoms with Crippen LogP contribution in [0.5, 0.6) is 0 Å². The number of nitrogens with zero attached hydrogens (tertiary/aromatic N) is 2. The molecule has 0 bridgehead atoms. The fourth-order valence-corrected chi connectivity index (χ4v) is 2.10. The minimum Gasteiger partial charge on any atom is -0.397 e. The van der Waals surface area contributed by atoms with Crippen molar-refractivity contribution in [2.45, 2.75) is 6.92 Å². The van der Waals surface area contributed by atoms with Crippen LogP contribution in [0.3, 0.4) is 0 Å². The number of pyridine rings is 1. The predicted octanol–water partition coefficient (Wildman–Crippen LogP) is 3.39. The summed E-state index contributed by atoms with van der Waals surface area (Å²) < 4.78 is 0. The van der Waals surface area contributed by atoms with Crippen LogP contribution in [0.25, 0.3) is 11.3 Å². The number of aryl methyl sites for hydroxylation is 1. The molecule has 0 spiro atoms. The number of allylic oxidation sites excluding steroid dienone is 1. The third-order valence-corrected chi connectivity index (χ3v) is 3.06. The Balaban J connectivity index is 2.59. The molecular weight excluding hydrogens is 258 g/mol. The topological polar surface area (TPSA) is 62.7 Å². The minimum atomic E-state index is 0.362. The Morgan fingerprint density at radius 3 is 2.74 bits per heavy atom. The standard InChI is InChI=1S/C15H12ClN3/c1-10-4-5-12(14(16)7-10)15(18)13(8-17)11-3-2-6-19-9-11/h2-7,9H,18H2,1H3/b15-13+. The van der Waals surface area contributed by atoms with Crippen molar-refractivity contribution in [3.05, 3.63) is 64.4 Å². The lowest BCUT2D eigenvalue weighted by Gasteiger charge is -2.08. The highest BCUT2D eigenvalue weighted by Crippen LogP contribution is 2.27. The molecule has 19 heavy (non-hydrogen) atoms. The zero-order chi connectivity index (χ0) is 13.8. The summed E-state index contributed by atoms with van der Waals surface area (Å²) in [4.78, 5) is 3.99. The van der Waals surface area contributed by atoms with Crippen molar-refractivity contribution in [3.8, 4) is 6.07 Å². The van der Waals surface area contributed by atoms with Crippen LogP contribution in [-0.4, -0.2) is 4.98 Å². The molecule has 0 fully saturated rings. The van der Waals surface area contributed by atoms with Crippen molar-refractivity contribution < 1.29 is 0 Å². The number of hydrogen-bond acceptors (Lipinski definition) is 3. The fraction of sp³-hybridized carbons (Fsp3) is 0.0667. The van der Waals surface area contributed by atoms with E-state index in [0.29, 0.717) is 27.4 Å². The average molecular weight is 270 g/mol. The number of benzene rings is 1. The van der Waals surface area contributed by atoms with E-state index in [2.05, 4.69) is 11.1 Å². The molecule has 1 aromatic heterocycles. The third kappa shape index (κ3) is 2.75. The first-order valence-corrected chi connectivity index (χ1v) is 6.08. The van der Waals surface area contributed by atoms with Gasteiger partial charge in [-0.05, 0) is 24.6 Å². The number of aromatic nitrogens is 1. The lowest BCUT2D eigenvalue weighted by Crippen LogP contribution is -2.02. The molecule has 4 heteroatoms. The molecule has 94 valence electrons. The summed E-state index contributed by atoms with van der Waals surface area (Å²) in [5, 5.41) is 9.83. The Labute approximate surface area is 117 Å². The Hall–Kier alpha value is -2.31. The van der Waals surface area contributed by atoms with Gasteiger partial charge in [-0.15, -0.1) is 0 Å². The van der Waals surface area contributed by atoms with Crippen LogP contribution in [0.2, 0.25) is 5.02 Å². The Kier molecular flexibility index (Phi) is 3.84. The molecule has 0 aliphatic rings. The normalized spacial score (nSPS) is 11.6. The van der Waals surface area contributed by atoms with Gasteiger partial charge in [-0.1, -0.05) is 29.8 Å². The zero-order valence-corrected chi connectivity index (χ0v) is 11.1. The van der Waals surface area contributed by atoms with Gasteiger partial charge in [0, 0.05) is 23.5 Å². The molecule has 2 aromatic rings. The van der Waals surface area contributed by atoms with E-state index in [-0.39, 0.29) is 0 Å². The molecule has 2 N–H and O–H groups in total. The summed E-state index contributed by atoms with van der Waals surface area (Å²) in [6.45, 7) is 1.95. The predicted molar refractivity (Wildman–Crippen MR) is 77.0 cm³/mol. The van der Waals surface area contributed by atoms with Crippen LogP contribution in [0.15, 0.2) is 42.7 Å². The molecule has 1 aromatic carbocycles. The van der Waals surface area contributed by atoms with Crippen LogP contribution in [-0.2, 0) is 0 Å². The molecule has 2 rings (SSSR count). The number of rotatable bonds is 2. The third-order valence-electron chi connectivity index (χ3n) is 2.75. The van der Waals surface area contributed by atoms with Gasteiger partial charge in [0.15, 0.2) is 0 Å². The van der Waals surface area contributed by atoms with Crippen molar-refractivity contribution >= 4 is 22.9 Å². The summed E-state index contributed by atoms with van der Waals surface area (Å²) in [6, 6.07) is 11.2. The first-order chi connectivity index (χ1) is 9.13. The fourth-order valence-electron chi connectivity index (χ4n) is 1.76. The molecule has 0 saturated heterocycles. The van der Waals surface area contributed by atoms with Crippen molar-refractivity contribution in [3.63, 3.8) is 0 Å². The highest BCUT2D eigenvalue weighted by Gasteiger charge is 2.11. The van der Waals surface area contributed by atoms with Crippen LogP contribution in [0.1, 0.15) is 16.7 Å². The largest absolute Gasteiger partial charge is 0.397 e. The summed E-state index contributed by atoms with van der Waals surface area (Å²) in [7, 11) is 0. The van der Waals surface area contributed by atoms with Crippen molar-refractivity contribution in [1.29, 1.82) is 5.26 Å². The summed E-state index contributed by atoms with van der Waals surface area (Å²) >= 11 is 6.17. The van der Waals surface area contributed by atoms with Gasteiger partial charge in [0.2, 0.25) is 0 Å². The second kappa shape index (κ2) is 5.55. The SMILES string of the molecule is Cc1ccc(/C(N)=C(/C#N)c2cccnc2)c(Cl)c1. The van der Waals surface area contributed by atoms with E-state index in [0.717, 1.165) is 5.56 Å². The first kappa shape index (κ1) is 13.1. The molecule has 0 atom stereocenters. The molecule has 0 amide bonds. The first-order valence-electron chi connectivity index (χ1n) is 5.70. The maximum atomic E-state index is 9.30. The van der Waals surface area contributed by atoms with Gasteiger partial charge in [-0.3, -0.25) is 4.98 Å². The molecular formula is C15H12ClN3. The van der Waals surface area contributed by atoms with E-state index in [4.69, 9.17) is 17.3 Å². The highest BCUT2D eigenvalue weighted by molar-refractivity contribution is 6.32. The van der Waals surface area contributed by atoms with Crippen molar-refractivity contribution in [2.75, 3.05) is 0 Å². The Morgan fingerprint density at radius 1 is 1.37 bits per heavy atom. The van der Waals surface area contributed by atoms with Crippen LogP contribution < -0.4 is 5.73 Å². The number of nitrogens with two attached hydrogens (primary N) is 1. The van der Waals surface area contributed by atoms with E-state index in [1.165, 1.54) is 0 Å². The summed E-state index contributed by atoms with van der Waals surface area (Å²) in [5.41, 5.74) is 9.20. The van der Waals surface area contributed by atoms with Crippen LogP contribution in [0, 0.1) is 18.3 Å². The smallest absolute Gasteiger partial charge is 0.102 e. The van der Waals surface area contributed by atoms with Gasteiger partial charge in [0.1, 0.15) is 6.07 Å². The second-order valence-electron chi connectivity index (χ2n) is 4.13. The number of nitriles is 1. The molecule has 0 aliphatic carbocycles. The molecule has 3 nitrogen and oxygen atoms in total. The highest BCUT2D eigenvalue weighted by atomic mass is 35.5. The van der Waals surface area contributed by atoms with E-state index >= 15 is 0 Å². The number of halogens is 1. The minimum absolute atomic E-state index is 0.362. The second-order valence-corrected chi connectivity index (χ2v) is 4.53. The lowest BCUT2D eigenvalue weighted by molar-refractivity contribution is 1.31. The summed E-state index contributed by atoms with van der Waals surface area (Å²) in [6.07, 6.45) is 3.25. The Bertz CT molecular complexity index is 670. The van der Waals surface area contributed by atoms with Crippen LogP contribution in [0.4, 0.5) is 0 Å². The van der Waals surface area contributed by atoms with Gasteiger partial charge >= 0.3 is 0 Å². The lowest BCUT2D eigenvalue weighted by atomic mass is 10.0. The molecule has 1 heterocycles. The maximum absolute atomic E-state index is 9.30. The van der Waals surface area contributed by atoms with Gasteiger partial charge < -0.3 is 5.73 Å². The van der Waals surface area contributed by atoms with Gasteiger partial charge in [-0.2, -0.15) is 5.26 Å². The average Bonchev–Trinajstić information content (AvgIpc) is 2.40. The molecule has 0 radical (unpaired) electrons. The van der Waals surface area contributed by atoms with Gasteiger partial charge in [0.25, 0.3) is 0 Å². The van der Waals surface area contributed by atoms with E-state index in [1.54, 1.807) is 24.5 Å². The van der Waals surface area contributed by atoms with E-state index in [9.17, 15) is 5.26 Å². The van der Waals surface area contributed by atoms with Crippen molar-refractivity contribution in [2.24, 2.45) is 5.73 Å². The summed E-state index contributed by atoms with van der Waals surface area (Å²) in [5.74, 6) is 0. The van der Waals surface area contributed by atoms with Crippen LogP contribution >= 0.6 is 11.6 Å². The molecule has 0 aliphatic heterocycles. The van der Waals surface area contributed by atoms with Crippen molar-refractivity contribution in [1.82, 2.24) is 4.98 Å². The monoisotopic (exact) mass is 269 g/mol. The van der Waals surface area contributed by atoms with Gasteiger partial charge in [-0.25, -0.2) is 0 Å². The quantitative estimate of drug-likeness (QED) is 0.850. The van der Waals surface area contributed by atoms with E-state index < -0.39 is 0 Å².